The maximum atomic E-state index is 12.6. The van der Waals surface area contributed by atoms with E-state index < -0.39 is 11.7 Å². The quantitative estimate of drug-likeness (QED) is 0.829. The minimum Gasteiger partial charge on any atom is -0.444 e. The van der Waals surface area contributed by atoms with Crippen molar-refractivity contribution in [2.24, 2.45) is 0 Å². The van der Waals surface area contributed by atoms with Crippen LogP contribution in [0.4, 0.5) is 4.79 Å². The fourth-order valence-electron chi connectivity index (χ4n) is 2.98. The van der Waals surface area contributed by atoms with Crippen LogP contribution in [0, 0.1) is 6.92 Å². The fourth-order valence-corrected chi connectivity index (χ4v) is 2.98. The lowest BCUT2D eigenvalue weighted by molar-refractivity contribution is -0.121. The van der Waals surface area contributed by atoms with Gasteiger partial charge in [-0.25, -0.2) is 4.79 Å². The van der Waals surface area contributed by atoms with E-state index in [1.54, 1.807) is 11.8 Å². The van der Waals surface area contributed by atoms with Crippen LogP contribution in [0.5, 0.6) is 0 Å². The molecule has 1 aliphatic heterocycles. The SMILES string of the molecule is CC(=O)[C@H]1CC[C@@H](c2cccc(C)c2)N1C(=O)OC(C)(C)C. The number of amides is 1. The number of rotatable bonds is 2. The van der Waals surface area contributed by atoms with E-state index in [9.17, 15) is 9.59 Å². The predicted octanol–water partition coefficient (Wildman–Crippen LogP) is 4.02. The number of likely N-dealkylation sites (tertiary alicyclic amines) is 1. The molecule has 1 amide bonds. The third-order valence-corrected chi connectivity index (χ3v) is 3.89. The first kappa shape index (κ1) is 16.5. The Morgan fingerprint density at radius 3 is 2.45 bits per heavy atom. The summed E-state index contributed by atoms with van der Waals surface area (Å²) in [5.74, 6) is 0.0148. The molecule has 0 radical (unpaired) electrons. The fraction of sp³-hybridized carbons (Fsp3) is 0.556. The number of aryl methyl sites for hydroxylation is 1. The first-order chi connectivity index (χ1) is 10.2. The molecule has 120 valence electrons. The van der Waals surface area contributed by atoms with Gasteiger partial charge in [-0.15, -0.1) is 0 Å². The normalized spacial score (nSPS) is 21.8. The summed E-state index contributed by atoms with van der Waals surface area (Å²) in [6.07, 6.45) is 1.07. The molecule has 0 bridgehead atoms. The molecule has 2 atom stereocenters. The van der Waals surface area contributed by atoms with Crippen molar-refractivity contribution >= 4 is 11.9 Å². The van der Waals surface area contributed by atoms with Gasteiger partial charge in [0.15, 0.2) is 5.78 Å². The monoisotopic (exact) mass is 303 g/mol. The van der Waals surface area contributed by atoms with E-state index in [-0.39, 0.29) is 17.9 Å². The number of hydrogen-bond acceptors (Lipinski definition) is 3. The molecule has 1 fully saturated rings. The largest absolute Gasteiger partial charge is 0.444 e. The van der Waals surface area contributed by atoms with E-state index in [0.29, 0.717) is 6.42 Å². The maximum Gasteiger partial charge on any atom is 0.411 e. The summed E-state index contributed by atoms with van der Waals surface area (Å²) in [6, 6.07) is 7.61. The molecule has 1 heterocycles. The highest BCUT2D eigenvalue weighted by atomic mass is 16.6. The molecular weight excluding hydrogens is 278 g/mol. The van der Waals surface area contributed by atoms with Crippen LogP contribution in [-0.4, -0.2) is 28.4 Å². The minimum atomic E-state index is -0.571. The third-order valence-electron chi connectivity index (χ3n) is 3.89. The van der Waals surface area contributed by atoms with Gasteiger partial charge in [0.25, 0.3) is 0 Å². The van der Waals surface area contributed by atoms with Gasteiger partial charge in [0, 0.05) is 0 Å². The van der Waals surface area contributed by atoms with Crippen LogP contribution >= 0.6 is 0 Å². The summed E-state index contributed by atoms with van der Waals surface area (Å²) in [5.41, 5.74) is 1.64. The molecule has 1 aromatic carbocycles. The first-order valence-electron chi connectivity index (χ1n) is 7.77. The van der Waals surface area contributed by atoms with Gasteiger partial charge in [0.1, 0.15) is 5.60 Å². The van der Waals surface area contributed by atoms with Crippen molar-refractivity contribution in [3.05, 3.63) is 35.4 Å². The Morgan fingerprint density at radius 1 is 1.23 bits per heavy atom. The Balaban J connectivity index is 2.32. The highest BCUT2D eigenvalue weighted by Gasteiger charge is 2.42. The Kier molecular flexibility index (Phi) is 4.59. The number of carbonyl (C=O) groups is 2. The lowest BCUT2D eigenvalue weighted by atomic mass is 10.0. The molecule has 1 aliphatic rings. The molecule has 4 heteroatoms. The summed E-state index contributed by atoms with van der Waals surface area (Å²) in [5, 5.41) is 0. The molecule has 0 unspecified atom stereocenters. The topological polar surface area (TPSA) is 46.6 Å². The Morgan fingerprint density at radius 2 is 1.91 bits per heavy atom. The summed E-state index contributed by atoms with van der Waals surface area (Å²) in [4.78, 5) is 26.1. The van der Waals surface area contributed by atoms with Crippen molar-refractivity contribution in [3.8, 4) is 0 Å². The summed E-state index contributed by atoms with van der Waals surface area (Å²) in [6.45, 7) is 9.08. The second kappa shape index (κ2) is 6.11. The van der Waals surface area contributed by atoms with E-state index in [4.69, 9.17) is 4.74 Å². The summed E-state index contributed by atoms with van der Waals surface area (Å²) >= 11 is 0. The molecule has 0 N–H and O–H groups in total. The van der Waals surface area contributed by atoms with E-state index in [1.807, 2.05) is 45.9 Å². The minimum absolute atomic E-state index is 0.0148. The smallest absolute Gasteiger partial charge is 0.411 e. The first-order valence-corrected chi connectivity index (χ1v) is 7.77. The zero-order chi connectivity index (χ0) is 16.5. The molecule has 0 saturated carbocycles. The Bertz CT molecular complexity index is 574. The van der Waals surface area contributed by atoms with Gasteiger partial charge in [0.05, 0.1) is 12.1 Å². The Hall–Kier alpha value is -1.84. The van der Waals surface area contributed by atoms with Gasteiger partial charge in [-0.3, -0.25) is 9.69 Å². The lowest BCUT2D eigenvalue weighted by Gasteiger charge is -2.32. The van der Waals surface area contributed by atoms with Crippen molar-refractivity contribution < 1.29 is 14.3 Å². The van der Waals surface area contributed by atoms with E-state index >= 15 is 0 Å². The average Bonchev–Trinajstić information content (AvgIpc) is 2.81. The van der Waals surface area contributed by atoms with Crippen molar-refractivity contribution in [1.29, 1.82) is 0 Å². The number of hydrogen-bond donors (Lipinski definition) is 0. The lowest BCUT2D eigenvalue weighted by Crippen LogP contribution is -2.43. The van der Waals surface area contributed by atoms with Gasteiger partial charge in [-0.1, -0.05) is 29.8 Å². The van der Waals surface area contributed by atoms with Gasteiger partial charge in [-0.05, 0) is 53.0 Å². The second-order valence-corrected chi connectivity index (χ2v) is 7.02. The molecule has 22 heavy (non-hydrogen) atoms. The van der Waals surface area contributed by atoms with Crippen LogP contribution in [0.25, 0.3) is 0 Å². The molecule has 4 nitrogen and oxygen atoms in total. The number of Topliss-reactive ketones (excluding diaryl/α,β-unsaturated/α-hetero) is 1. The number of benzene rings is 1. The van der Waals surface area contributed by atoms with Crippen LogP contribution in [-0.2, 0) is 9.53 Å². The zero-order valence-electron chi connectivity index (χ0n) is 14.1. The molecule has 2 rings (SSSR count). The molecule has 1 saturated heterocycles. The molecule has 0 aliphatic carbocycles. The van der Waals surface area contributed by atoms with Crippen LogP contribution < -0.4 is 0 Å². The summed E-state index contributed by atoms with van der Waals surface area (Å²) < 4.78 is 5.52. The molecule has 0 aromatic heterocycles. The molecule has 1 aromatic rings. The number of nitrogens with zero attached hydrogens (tertiary/aromatic N) is 1. The maximum absolute atomic E-state index is 12.6. The van der Waals surface area contributed by atoms with Crippen LogP contribution in [0.1, 0.15) is 57.7 Å². The molecular formula is C18H25NO3. The number of carbonyl (C=O) groups excluding carboxylic acids is 2. The highest BCUT2D eigenvalue weighted by Crippen LogP contribution is 2.37. The van der Waals surface area contributed by atoms with Gasteiger partial charge >= 0.3 is 6.09 Å². The van der Waals surface area contributed by atoms with Crippen molar-refractivity contribution in [2.45, 2.75) is 65.1 Å². The number of ether oxygens (including phenoxy) is 1. The predicted molar refractivity (Wildman–Crippen MR) is 85.7 cm³/mol. The van der Waals surface area contributed by atoms with Crippen molar-refractivity contribution in [3.63, 3.8) is 0 Å². The van der Waals surface area contributed by atoms with Gasteiger partial charge < -0.3 is 4.74 Å². The van der Waals surface area contributed by atoms with Crippen LogP contribution in [0.3, 0.4) is 0 Å². The highest BCUT2D eigenvalue weighted by molar-refractivity contribution is 5.86. The zero-order valence-corrected chi connectivity index (χ0v) is 14.1. The average molecular weight is 303 g/mol. The number of ketones is 1. The van der Waals surface area contributed by atoms with Gasteiger partial charge in [-0.2, -0.15) is 0 Å². The van der Waals surface area contributed by atoms with E-state index in [0.717, 1.165) is 17.5 Å². The van der Waals surface area contributed by atoms with E-state index in [2.05, 4.69) is 6.07 Å². The third kappa shape index (κ3) is 3.67. The van der Waals surface area contributed by atoms with Crippen LogP contribution in [0.15, 0.2) is 24.3 Å². The summed E-state index contributed by atoms with van der Waals surface area (Å²) in [7, 11) is 0. The van der Waals surface area contributed by atoms with E-state index in [1.165, 1.54) is 0 Å². The second-order valence-electron chi connectivity index (χ2n) is 7.02. The molecule has 0 spiro atoms. The Labute approximate surface area is 132 Å². The van der Waals surface area contributed by atoms with Crippen molar-refractivity contribution in [1.82, 2.24) is 4.90 Å². The van der Waals surface area contributed by atoms with Crippen LogP contribution in [0.2, 0.25) is 0 Å². The van der Waals surface area contributed by atoms with Gasteiger partial charge in [0.2, 0.25) is 0 Å². The standard InChI is InChI=1S/C18H25NO3/c1-12-7-6-8-14(11-12)16-10-9-15(13(2)20)19(16)17(21)22-18(3,4)5/h6-8,11,15-16H,9-10H2,1-5H3/t15-,16+/m1/s1. The van der Waals surface area contributed by atoms with Crippen molar-refractivity contribution in [2.75, 3.05) is 0 Å².